The first kappa shape index (κ1) is 18.3. The average Bonchev–Trinajstić information content (AvgIpc) is 3.15. The van der Waals surface area contributed by atoms with Gasteiger partial charge < -0.3 is 14.8 Å². The van der Waals surface area contributed by atoms with E-state index in [0.29, 0.717) is 23.2 Å². The molecule has 3 rings (SSSR count). The number of aromatic nitrogens is 1. The lowest BCUT2D eigenvalue weighted by molar-refractivity contribution is 0.354. The van der Waals surface area contributed by atoms with Crippen LogP contribution in [-0.2, 0) is 10.0 Å². The predicted molar refractivity (Wildman–Crippen MR) is 100 cm³/mol. The third kappa shape index (κ3) is 4.19. The van der Waals surface area contributed by atoms with Crippen LogP contribution in [0.1, 0.15) is 25.7 Å². The van der Waals surface area contributed by atoms with E-state index in [1.165, 1.54) is 45.4 Å². The van der Waals surface area contributed by atoms with Gasteiger partial charge in [0.25, 0.3) is 10.0 Å². The third-order valence-corrected chi connectivity index (χ3v) is 5.77. The summed E-state index contributed by atoms with van der Waals surface area (Å²) in [4.78, 5) is 4.38. The van der Waals surface area contributed by atoms with Crippen molar-refractivity contribution in [3.05, 3.63) is 36.5 Å². The van der Waals surface area contributed by atoms with Gasteiger partial charge in [-0.1, -0.05) is 12.8 Å². The summed E-state index contributed by atoms with van der Waals surface area (Å²) in [7, 11) is -0.795. The molecule has 0 unspecified atom stereocenters. The van der Waals surface area contributed by atoms with E-state index in [2.05, 4.69) is 15.0 Å². The van der Waals surface area contributed by atoms with Crippen LogP contribution in [0.2, 0.25) is 0 Å². The Morgan fingerprint density at radius 1 is 1.04 bits per heavy atom. The molecule has 0 saturated heterocycles. The van der Waals surface area contributed by atoms with Crippen LogP contribution < -0.4 is 19.5 Å². The molecule has 26 heavy (non-hydrogen) atoms. The Labute approximate surface area is 153 Å². The number of nitrogens with zero attached hydrogens (tertiary/aromatic N) is 1. The van der Waals surface area contributed by atoms with E-state index in [4.69, 9.17) is 9.47 Å². The molecule has 2 aromatic rings. The van der Waals surface area contributed by atoms with Gasteiger partial charge in [-0.05, 0) is 37.1 Å². The fourth-order valence-corrected chi connectivity index (χ4v) is 4.07. The van der Waals surface area contributed by atoms with Crippen molar-refractivity contribution in [3.8, 4) is 11.5 Å². The van der Waals surface area contributed by atoms with Gasteiger partial charge in [0.2, 0.25) is 0 Å². The maximum absolute atomic E-state index is 12.6. The maximum atomic E-state index is 12.6. The maximum Gasteiger partial charge on any atom is 0.262 e. The molecule has 1 heterocycles. The normalized spacial score (nSPS) is 14.8. The highest BCUT2D eigenvalue weighted by Gasteiger charge is 2.18. The Morgan fingerprint density at radius 2 is 1.77 bits per heavy atom. The van der Waals surface area contributed by atoms with Gasteiger partial charge in [-0.2, -0.15) is 0 Å². The minimum Gasteiger partial charge on any atom is -0.493 e. The highest BCUT2D eigenvalue weighted by molar-refractivity contribution is 7.92. The second-order valence-electron chi connectivity index (χ2n) is 6.18. The zero-order valence-electron chi connectivity index (χ0n) is 14.9. The molecule has 1 saturated carbocycles. The number of methoxy groups -OCH3 is 2. The van der Waals surface area contributed by atoms with Crippen molar-refractivity contribution in [2.75, 3.05) is 24.3 Å². The van der Waals surface area contributed by atoms with Gasteiger partial charge >= 0.3 is 0 Å². The molecule has 0 spiro atoms. The predicted octanol–water partition coefficient (Wildman–Crippen LogP) is 3.25. The van der Waals surface area contributed by atoms with Crippen LogP contribution in [0, 0.1) is 0 Å². The summed E-state index contributed by atoms with van der Waals surface area (Å²) in [5, 5.41) is 3.37. The molecule has 1 aliphatic carbocycles. The van der Waals surface area contributed by atoms with Crippen molar-refractivity contribution in [1.29, 1.82) is 0 Å². The van der Waals surface area contributed by atoms with E-state index in [0.717, 1.165) is 18.7 Å². The zero-order chi connectivity index (χ0) is 18.6. The van der Waals surface area contributed by atoms with E-state index in [1.54, 1.807) is 18.2 Å². The van der Waals surface area contributed by atoms with Crippen LogP contribution in [0.5, 0.6) is 11.5 Å². The van der Waals surface area contributed by atoms with Crippen molar-refractivity contribution < 1.29 is 17.9 Å². The van der Waals surface area contributed by atoms with Crippen molar-refractivity contribution in [2.24, 2.45) is 0 Å². The molecule has 140 valence electrons. The van der Waals surface area contributed by atoms with Gasteiger partial charge in [0, 0.05) is 12.1 Å². The third-order valence-electron chi connectivity index (χ3n) is 4.39. The van der Waals surface area contributed by atoms with Crippen molar-refractivity contribution in [2.45, 2.75) is 36.6 Å². The molecule has 0 amide bonds. The number of sulfonamides is 1. The fraction of sp³-hybridized carbons (Fsp3) is 0.389. The first-order chi connectivity index (χ1) is 12.5. The zero-order valence-corrected chi connectivity index (χ0v) is 15.7. The minimum absolute atomic E-state index is 0.0864. The summed E-state index contributed by atoms with van der Waals surface area (Å²) in [5.74, 6) is 1.58. The molecule has 0 radical (unpaired) electrons. The molecule has 0 atom stereocenters. The topological polar surface area (TPSA) is 89.6 Å². The SMILES string of the molecule is COc1ccc(S(=O)(=O)Nc2ccc(NC3CCCC3)nc2)cc1OC. The molecular weight excluding hydrogens is 354 g/mol. The van der Waals surface area contributed by atoms with Gasteiger partial charge in [-0.15, -0.1) is 0 Å². The molecule has 0 aliphatic heterocycles. The molecule has 8 heteroatoms. The molecule has 2 N–H and O–H groups in total. The van der Waals surface area contributed by atoms with Crippen LogP contribution in [0.3, 0.4) is 0 Å². The number of hydrogen-bond donors (Lipinski definition) is 2. The lowest BCUT2D eigenvalue weighted by Crippen LogP contribution is -2.16. The number of benzene rings is 1. The monoisotopic (exact) mass is 377 g/mol. The summed E-state index contributed by atoms with van der Waals surface area (Å²) >= 11 is 0. The van der Waals surface area contributed by atoms with Crippen molar-refractivity contribution in [1.82, 2.24) is 4.98 Å². The second kappa shape index (κ2) is 7.82. The molecule has 1 aromatic heterocycles. The molecule has 1 aliphatic rings. The van der Waals surface area contributed by atoms with Crippen molar-refractivity contribution >= 4 is 21.5 Å². The smallest absolute Gasteiger partial charge is 0.262 e. The summed E-state index contributed by atoms with van der Waals surface area (Å²) in [6.07, 6.45) is 6.28. The Morgan fingerprint density at radius 3 is 2.38 bits per heavy atom. The lowest BCUT2D eigenvalue weighted by atomic mass is 10.2. The standard InChI is InChI=1S/C18H23N3O4S/c1-24-16-9-8-15(11-17(16)25-2)26(22,23)21-14-7-10-18(19-12-14)20-13-5-3-4-6-13/h7-13,21H,3-6H2,1-2H3,(H,19,20). The van der Waals surface area contributed by atoms with Crippen LogP contribution in [0.25, 0.3) is 0 Å². The number of anilines is 2. The van der Waals surface area contributed by atoms with Crippen LogP contribution in [0.15, 0.2) is 41.4 Å². The number of pyridine rings is 1. The molecular formula is C18H23N3O4S. The summed E-state index contributed by atoms with van der Waals surface area (Å²) in [6, 6.07) is 8.38. The summed E-state index contributed by atoms with van der Waals surface area (Å²) in [5.41, 5.74) is 0.400. The minimum atomic E-state index is -3.75. The summed E-state index contributed by atoms with van der Waals surface area (Å²) < 4.78 is 38.0. The fourth-order valence-electron chi connectivity index (χ4n) is 3.02. The Kier molecular flexibility index (Phi) is 5.51. The first-order valence-electron chi connectivity index (χ1n) is 8.49. The van der Waals surface area contributed by atoms with E-state index in [-0.39, 0.29) is 4.90 Å². The molecule has 1 aromatic carbocycles. The van der Waals surface area contributed by atoms with E-state index in [1.807, 2.05) is 0 Å². The quantitative estimate of drug-likeness (QED) is 0.770. The van der Waals surface area contributed by atoms with Gasteiger partial charge in [-0.25, -0.2) is 13.4 Å². The van der Waals surface area contributed by atoms with E-state index >= 15 is 0 Å². The van der Waals surface area contributed by atoms with E-state index in [9.17, 15) is 8.42 Å². The van der Waals surface area contributed by atoms with Gasteiger partial charge in [0.1, 0.15) is 5.82 Å². The average molecular weight is 377 g/mol. The van der Waals surface area contributed by atoms with Crippen LogP contribution in [-0.4, -0.2) is 33.7 Å². The van der Waals surface area contributed by atoms with Gasteiger partial charge in [-0.3, -0.25) is 4.72 Å². The van der Waals surface area contributed by atoms with Crippen LogP contribution >= 0.6 is 0 Å². The Balaban J connectivity index is 1.72. The number of ether oxygens (including phenoxy) is 2. The lowest BCUT2D eigenvalue weighted by Gasteiger charge is -2.14. The summed E-state index contributed by atoms with van der Waals surface area (Å²) in [6.45, 7) is 0. The van der Waals surface area contributed by atoms with Gasteiger partial charge in [0.15, 0.2) is 11.5 Å². The van der Waals surface area contributed by atoms with Crippen LogP contribution in [0.4, 0.5) is 11.5 Å². The number of nitrogens with one attached hydrogen (secondary N) is 2. The molecule has 1 fully saturated rings. The largest absolute Gasteiger partial charge is 0.493 e. The number of rotatable bonds is 7. The molecule has 7 nitrogen and oxygen atoms in total. The Hall–Kier alpha value is -2.48. The van der Waals surface area contributed by atoms with E-state index < -0.39 is 10.0 Å². The second-order valence-corrected chi connectivity index (χ2v) is 7.86. The van der Waals surface area contributed by atoms with Gasteiger partial charge in [0.05, 0.1) is 31.0 Å². The first-order valence-corrected chi connectivity index (χ1v) is 9.97. The molecule has 0 bridgehead atoms. The Bertz CT molecular complexity index is 847. The highest BCUT2D eigenvalue weighted by atomic mass is 32.2. The van der Waals surface area contributed by atoms with Crippen molar-refractivity contribution in [3.63, 3.8) is 0 Å². The number of hydrogen-bond acceptors (Lipinski definition) is 6. The highest BCUT2D eigenvalue weighted by Crippen LogP contribution is 2.30.